The fourth-order valence-electron chi connectivity index (χ4n) is 3.04. The number of carbonyl (C=O) groups excluding carboxylic acids is 3. The molecule has 1 aliphatic rings. The van der Waals surface area contributed by atoms with Crippen LogP contribution in [0.15, 0.2) is 24.3 Å². The lowest BCUT2D eigenvalue weighted by atomic mass is 10.00. The fourth-order valence-corrected chi connectivity index (χ4v) is 3.04. The Morgan fingerprint density at radius 3 is 2.56 bits per heavy atom. The first-order chi connectivity index (χ1) is 11.9. The highest BCUT2D eigenvalue weighted by molar-refractivity contribution is 5.90. The van der Waals surface area contributed by atoms with Gasteiger partial charge in [-0.25, -0.2) is 0 Å². The molecular formula is C18H26N4O3. The number of nitrogens with zero attached hydrogens (tertiary/aromatic N) is 1. The van der Waals surface area contributed by atoms with Crippen molar-refractivity contribution in [2.24, 2.45) is 5.73 Å². The molecule has 3 amide bonds. The van der Waals surface area contributed by atoms with E-state index in [0.29, 0.717) is 19.6 Å². The minimum Gasteiger partial charge on any atom is -0.368 e. The van der Waals surface area contributed by atoms with Crippen LogP contribution in [0.3, 0.4) is 0 Å². The Morgan fingerprint density at radius 2 is 2.00 bits per heavy atom. The SMILES string of the molecule is CCc1ccc(C2CNCCN2C(=O)C[C@H](NC(C)=O)C(N)=O)cc1. The number of rotatable bonds is 6. The molecule has 0 aromatic heterocycles. The van der Waals surface area contributed by atoms with Crippen molar-refractivity contribution >= 4 is 17.7 Å². The average Bonchev–Trinajstić information content (AvgIpc) is 2.60. The second-order valence-corrected chi connectivity index (χ2v) is 6.26. The molecule has 0 saturated carbocycles. The smallest absolute Gasteiger partial charge is 0.240 e. The van der Waals surface area contributed by atoms with E-state index in [9.17, 15) is 14.4 Å². The lowest BCUT2D eigenvalue weighted by molar-refractivity contribution is -0.137. The maximum absolute atomic E-state index is 12.7. The summed E-state index contributed by atoms with van der Waals surface area (Å²) >= 11 is 0. The van der Waals surface area contributed by atoms with Crippen molar-refractivity contribution in [1.29, 1.82) is 0 Å². The van der Waals surface area contributed by atoms with Crippen LogP contribution in [0, 0.1) is 0 Å². The van der Waals surface area contributed by atoms with Gasteiger partial charge < -0.3 is 21.3 Å². The van der Waals surface area contributed by atoms with Gasteiger partial charge in [0, 0.05) is 26.6 Å². The molecule has 136 valence electrons. The van der Waals surface area contributed by atoms with Crippen molar-refractivity contribution in [2.75, 3.05) is 19.6 Å². The number of nitrogens with two attached hydrogens (primary N) is 1. The van der Waals surface area contributed by atoms with E-state index < -0.39 is 11.9 Å². The normalized spacial score (nSPS) is 18.5. The molecule has 25 heavy (non-hydrogen) atoms. The first-order valence-electron chi connectivity index (χ1n) is 8.57. The summed E-state index contributed by atoms with van der Waals surface area (Å²) in [6, 6.07) is 7.12. The molecule has 2 atom stereocenters. The Labute approximate surface area is 147 Å². The zero-order valence-electron chi connectivity index (χ0n) is 14.7. The van der Waals surface area contributed by atoms with Gasteiger partial charge in [0.2, 0.25) is 17.7 Å². The van der Waals surface area contributed by atoms with Crippen molar-refractivity contribution < 1.29 is 14.4 Å². The third-order valence-electron chi connectivity index (χ3n) is 4.44. The summed E-state index contributed by atoms with van der Waals surface area (Å²) in [6.07, 6.45) is 0.835. The van der Waals surface area contributed by atoms with Gasteiger partial charge in [-0.05, 0) is 17.5 Å². The minimum absolute atomic E-state index is 0.0991. The first kappa shape index (κ1) is 18.9. The quantitative estimate of drug-likeness (QED) is 0.679. The van der Waals surface area contributed by atoms with Crippen LogP contribution < -0.4 is 16.4 Å². The largest absolute Gasteiger partial charge is 0.368 e. The second-order valence-electron chi connectivity index (χ2n) is 6.26. The molecule has 1 unspecified atom stereocenters. The fraction of sp³-hybridized carbons (Fsp3) is 0.500. The molecule has 1 heterocycles. The van der Waals surface area contributed by atoms with Crippen molar-refractivity contribution in [3.05, 3.63) is 35.4 Å². The third kappa shape index (κ3) is 5.03. The zero-order valence-corrected chi connectivity index (χ0v) is 14.7. The van der Waals surface area contributed by atoms with Crippen LogP contribution >= 0.6 is 0 Å². The Morgan fingerprint density at radius 1 is 1.32 bits per heavy atom. The first-order valence-corrected chi connectivity index (χ1v) is 8.57. The van der Waals surface area contributed by atoms with Crippen LogP contribution in [0.2, 0.25) is 0 Å². The molecule has 0 bridgehead atoms. The van der Waals surface area contributed by atoms with E-state index in [2.05, 4.69) is 29.7 Å². The predicted molar refractivity (Wildman–Crippen MR) is 94.6 cm³/mol. The topological polar surface area (TPSA) is 105 Å². The number of benzene rings is 1. The molecule has 1 aromatic rings. The summed E-state index contributed by atoms with van der Waals surface area (Å²) < 4.78 is 0. The minimum atomic E-state index is -0.983. The highest BCUT2D eigenvalue weighted by atomic mass is 16.2. The Kier molecular flexibility index (Phi) is 6.52. The Balaban J connectivity index is 2.13. The van der Waals surface area contributed by atoms with Crippen molar-refractivity contribution in [2.45, 2.75) is 38.8 Å². The molecular weight excluding hydrogens is 320 g/mol. The molecule has 0 spiro atoms. The van der Waals surface area contributed by atoms with E-state index in [1.54, 1.807) is 4.90 Å². The predicted octanol–water partition coefficient (Wildman–Crippen LogP) is 0.102. The monoisotopic (exact) mass is 346 g/mol. The van der Waals surface area contributed by atoms with Gasteiger partial charge in [0.25, 0.3) is 0 Å². The molecule has 0 radical (unpaired) electrons. The second kappa shape index (κ2) is 8.62. The molecule has 1 aromatic carbocycles. The number of amides is 3. The summed E-state index contributed by atoms with van der Waals surface area (Å²) in [5, 5.41) is 5.74. The summed E-state index contributed by atoms with van der Waals surface area (Å²) in [6.45, 7) is 5.28. The number of hydrogen-bond donors (Lipinski definition) is 3. The van der Waals surface area contributed by atoms with Crippen LogP contribution in [0.5, 0.6) is 0 Å². The highest BCUT2D eigenvalue weighted by Crippen LogP contribution is 2.24. The average molecular weight is 346 g/mol. The molecule has 1 saturated heterocycles. The standard InChI is InChI=1S/C18H26N4O3/c1-3-13-4-6-14(7-5-13)16-11-20-8-9-22(16)17(24)10-15(18(19)25)21-12(2)23/h4-7,15-16,20H,3,8-11H2,1-2H3,(H2,19,25)(H,21,23)/t15-,16?/m0/s1. The van der Waals surface area contributed by atoms with Gasteiger partial charge in [-0.2, -0.15) is 0 Å². The molecule has 1 aliphatic heterocycles. The van der Waals surface area contributed by atoms with Crippen LogP contribution in [-0.2, 0) is 20.8 Å². The lowest BCUT2D eigenvalue weighted by Crippen LogP contribution is -2.52. The van der Waals surface area contributed by atoms with E-state index in [-0.39, 0.29) is 24.3 Å². The van der Waals surface area contributed by atoms with E-state index in [4.69, 9.17) is 5.73 Å². The number of piperazine rings is 1. The van der Waals surface area contributed by atoms with Crippen molar-refractivity contribution in [1.82, 2.24) is 15.5 Å². The lowest BCUT2D eigenvalue weighted by Gasteiger charge is -2.37. The maximum atomic E-state index is 12.7. The summed E-state index contributed by atoms with van der Waals surface area (Å²) in [4.78, 5) is 37.2. The van der Waals surface area contributed by atoms with Gasteiger partial charge in [-0.15, -0.1) is 0 Å². The van der Waals surface area contributed by atoms with Crippen molar-refractivity contribution in [3.63, 3.8) is 0 Å². The van der Waals surface area contributed by atoms with Gasteiger partial charge >= 0.3 is 0 Å². The van der Waals surface area contributed by atoms with E-state index in [1.165, 1.54) is 12.5 Å². The third-order valence-corrected chi connectivity index (χ3v) is 4.44. The number of nitrogens with one attached hydrogen (secondary N) is 2. The molecule has 1 fully saturated rings. The van der Waals surface area contributed by atoms with Crippen LogP contribution in [0.4, 0.5) is 0 Å². The summed E-state index contributed by atoms with van der Waals surface area (Å²) in [5.41, 5.74) is 7.59. The summed E-state index contributed by atoms with van der Waals surface area (Å²) in [5.74, 6) is -1.28. The number of hydrogen-bond acceptors (Lipinski definition) is 4. The van der Waals surface area contributed by atoms with Crippen LogP contribution in [0.1, 0.15) is 37.4 Å². The Hall–Kier alpha value is -2.41. The molecule has 7 heteroatoms. The molecule has 2 rings (SSSR count). The Bertz CT molecular complexity index is 630. The van der Waals surface area contributed by atoms with Gasteiger partial charge in [-0.1, -0.05) is 31.2 Å². The van der Waals surface area contributed by atoms with Crippen molar-refractivity contribution in [3.8, 4) is 0 Å². The molecule has 4 N–H and O–H groups in total. The maximum Gasteiger partial charge on any atom is 0.240 e. The zero-order chi connectivity index (χ0) is 18.4. The van der Waals surface area contributed by atoms with E-state index >= 15 is 0 Å². The van der Waals surface area contributed by atoms with Gasteiger partial charge in [-0.3, -0.25) is 14.4 Å². The van der Waals surface area contributed by atoms with Crippen LogP contribution in [0.25, 0.3) is 0 Å². The number of aryl methyl sites for hydroxylation is 1. The van der Waals surface area contributed by atoms with Gasteiger partial charge in [0.15, 0.2) is 0 Å². The van der Waals surface area contributed by atoms with E-state index in [1.807, 2.05) is 12.1 Å². The number of primary amides is 1. The summed E-state index contributed by atoms with van der Waals surface area (Å²) in [7, 11) is 0. The van der Waals surface area contributed by atoms with Crippen LogP contribution in [-0.4, -0.2) is 48.3 Å². The van der Waals surface area contributed by atoms with E-state index in [0.717, 1.165) is 12.0 Å². The van der Waals surface area contributed by atoms with Gasteiger partial charge in [0.1, 0.15) is 6.04 Å². The molecule has 7 nitrogen and oxygen atoms in total. The molecule has 0 aliphatic carbocycles. The highest BCUT2D eigenvalue weighted by Gasteiger charge is 2.30. The van der Waals surface area contributed by atoms with Gasteiger partial charge in [0.05, 0.1) is 12.5 Å². The number of carbonyl (C=O) groups is 3.